The van der Waals surface area contributed by atoms with Gasteiger partial charge in [0.25, 0.3) is 0 Å². The van der Waals surface area contributed by atoms with E-state index in [2.05, 4.69) is 10.3 Å². The molecular formula is C17H18N2O2S. The zero-order valence-electron chi connectivity index (χ0n) is 12.4. The minimum Gasteiger partial charge on any atom is -0.310 e. The highest BCUT2D eigenvalue weighted by molar-refractivity contribution is 8.00. The molecule has 0 aliphatic rings. The number of hydrogen-bond acceptors (Lipinski definition) is 4. The van der Waals surface area contributed by atoms with Crippen LogP contribution in [0.3, 0.4) is 0 Å². The quantitative estimate of drug-likeness (QED) is 0.624. The average Bonchev–Trinajstić information content (AvgIpc) is 2.54. The Labute approximate surface area is 134 Å². The van der Waals surface area contributed by atoms with E-state index in [-0.39, 0.29) is 11.7 Å². The Balaban J connectivity index is 1.84. The molecule has 2 aromatic rings. The van der Waals surface area contributed by atoms with Crippen molar-refractivity contribution >= 4 is 29.3 Å². The number of Topliss-reactive ketones (excluding diaryl/α,β-unsaturated/α-hetero) is 1. The summed E-state index contributed by atoms with van der Waals surface area (Å²) in [7, 11) is 0. The van der Waals surface area contributed by atoms with Crippen molar-refractivity contribution in [2.75, 3.05) is 11.1 Å². The molecule has 0 saturated heterocycles. The van der Waals surface area contributed by atoms with E-state index >= 15 is 0 Å². The number of carbonyl (C=O) groups is 2. The lowest BCUT2D eigenvalue weighted by Crippen LogP contribution is -2.14. The molecule has 4 nitrogen and oxygen atoms in total. The Kier molecular flexibility index (Phi) is 6.15. The van der Waals surface area contributed by atoms with E-state index < -0.39 is 0 Å². The molecular weight excluding hydrogens is 296 g/mol. The van der Waals surface area contributed by atoms with Gasteiger partial charge in [0.05, 0.1) is 5.75 Å². The molecule has 1 amide bonds. The van der Waals surface area contributed by atoms with Gasteiger partial charge >= 0.3 is 0 Å². The first-order valence-corrected chi connectivity index (χ1v) is 8.14. The highest BCUT2D eigenvalue weighted by Crippen LogP contribution is 2.19. The maximum Gasteiger partial charge on any atom is 0.235 e. The summed E-state index contributed by atoms with van der Waals surface area (Å²) in [5.41, 5.74) is 0.726. The van der Waals surface area contributed by atoms with Crippen molar-refractivity contribution in [3.05, 3.63) is 54.2 Å². The number of benzene rings is 1. The fourth-order valence-electron chi connectivity index (χ4n) is 1.87. The molecule has 22 heavy (non-hydrogen) atoms. The zero-order valence-corrected chi connectivity index (χ0v) is 13.2. The first kappa shape index (κ1) is 16.2. The number of ketones is 1. The number of pyridine rings is 1. The number of thioether (sulfide) groups is 1. The second-order valence-electron chi connectivity index (χ2n) is 4.75. The van der Waals surface area contributed by atoms with Gasteiger partial charge in [-0.15, -0.1) is 11.8 Å². The van der Waals surface area contributed by atoms with Crippen LogP contribution in [0.4, 0.5) is 5.82 Å². The van der Waals surface area contributed by atoms with Gasteiger partial charge in [-0.3, -0.25) is 9.59 Å². The summed E-state index contributed by atoms with van der Waals surface area (Å²) in [5, 5.41) is 2.73. The number of amides is 1. The van der Waals surface area contributed by atoms with Gasteiger partial charge in [0.2, 0.25) is 5.91 Å². The second-order valence-corrected chi connectivity index (χ2v) is 5.80. The highest BCUT2D eigenvalue weighted by atomic mass is 32.2. The van der Waals surface area contributed by atoms with Gasteiger partial charge in [-0.25, -0.2) is 4.98 Å². The molecule has 1 aromatic carbocycles. The molecule has 1 aromatic heterocycles. The molecule has 0 aliphatic heterocycles. The van der Waals surface area contributed by atoms with Crippen LogP contribution in [0.25, 0.3) is 0 Å². The zero-order chi connectivity index (χ0) is 15.8. The second kappa shape index (κ2) is 8.34. The van der Waals surface area contributed by atoms with Gasteiger partial charge in [-0.2, -0.15) is 0 Å². The summed E-state index contributed by atoms with van der Waals surface area (Å²) in [5.74, 6) is 0.911. The molecule has 0 bridgehead atoms. The molecule has 0 spiro atoms. The van der Waals surface area contributed by atoms with Crippen LogP contribution in [0.1, 0.15) is 30.1 Å². The van der Waals surface area contributed by atoms with Crippen LogP contribution in [0.15, 0.2) is 53.6 Å². The smallest absolute Gasteiger partial charge is 0.235 e. The van der Waals surface area contributed by atoms with Crippen molar-refractivity contribution < 1.29 is 9.59 Å². The first-order valence-electron chi connectivity index (χ1n) is 7.16. The fourth-order valence-corrected chi connectivity index (χ4v) is 2.57. The summed E-state index contributed by atoms with van der Waals surface area (Å²) in [6, 6.07) is 12.8. The SMILES string of the molecule is CCCC(=O)c1ccc(SCC(=O)Nc2ccccn2)cc1. The molecule has 114 valence electrons. The number of aromatic nitrogens is 1. The van der Waals surface area contributed by atoms with Crippen LogP contribution in [-0.4, -0.2) is 22.4 Å². The molecule has 0 aliphatic carbocycles. The molecule has 0 saturated carbocycles. The van der Waals surface area contributed by atoms with E-state index in [1.165, 1.54) is 11.8 Å². The van der Waals surface area contributed by atoms with Crippen molar-refractivity contribution in [3.63, 3.8) is 0 Å². The lowest BCUT2D eigenvalue weighted by Gasteiger charge is -2.05. The molecule has 5 heteroatoms. The third-order valence-corrected chi connectivity index (χ3v) is 3.97. The topological polar surface area (TPSA) is 59.1 Å². The van der Waals surface area contributed by atoms with Crippen LogP contribution in [0.5, 0.6) is 0 Å². The average molecular weight is 314 g/mol. The summed E-state index contributed by atoms with van der Waals surface area (Å²) in [4.78, 5) is 28.6. The van der Waals surface area contributed by atoms with Crippen molar-refractivity contribution in [1.29, 1.82) is 0 Å². The van der Waals surface area contributed by atoms with E-state index in [1.807, 2.05) is 37.3 Å². The van der Waals surface area contributed by atoms with Gasteiger partial charge in [0, 0.05) is 23.1 Å². The van der Waals surface area contributed by atoms with E-state index in [0.29, 0.717) is 18.0 Å². The predicted octanol–water partition coefficient (Wildman–Crippen LogP) is 3.80. The van der Waals surface area contributed by atoms with E-state index in [4.69, 9.17) is 0 Å². The summed E-state index contributed by atoms with van der Waals surface area (Å²) in [6.45, 7) is 1.99. The molecule has 0 atom stereocenters. The van der Waals surface area contributed by atoms with Crippen LogP contribution < -0.4 is 5.32 Å². The van der Waals surface area contributed by atoms with Gasteiger partial charge in [-0.05, 0) is 30.7 Å². The molecule has 2 rings (SSSR count). The first-order chi connectivity index (χ1) is 10.7. The monoisotopic (exact) mass is 314 g/mol. The third kappa shape index (κ3) is 5.00. The molecule has 0 fully saturated rings. The highest BCUT2D eigenvalue weighted by Gasteiger charge is 2.06. The van der Waals surface area contributed by atoms with E-state index in [0.717, 1.165) is 16.9 Å². The number of carbonyl (C=O) groups excluding carboxylic acids is 2. The number of hydrogen-bond donors (Lipinski definition) is 1. The largest absolute Gasteiger partial charge is 0.310 e. The molecule has 1 heterocycles. The lowest BCUT2D eigenvalue weighted by molar-refractivity contribution is -0.113. The number of rotatable bonds is 7. The maximum absolute atomic E-state index is 11.8. The van der Waals surface area contributed by atoms with Crippen molar-refractivity contribution in [2.24, 2.45) is 0 Å². The number of anilines is 1. The van der Waals surface area contributed by atoms with Crippen LogP contribution in [0, 0.1) is 0 Å². The predicted molar refractivity (Wildman–Crippen MR) is 89.3 cm³/mol. The van der Waals surface area contributed by atoms with Gasteiger partial charge in [0.1, 0.15) is 5.82 Å². The molecule has 0 unspecified atom stereocenters. The number of nitrogens with zero attached hydrogens (tertiary/aromatic N) is 1. The molecule has 1 N–H and O–H groups in total. The molecule has 0 radical (unpaired) electrons. The van der Waals surface area contributed by atoms with Crippen molar-refractivity contribution in [3.8, 4) is 0 Å². The summed E-state index contributed by atoms with van der Waals surface area (Å²) < 4.78 is 0. The van der Waals surface area contributed by atoms with Crippen LogP contribution in [0.2, 0.25) is 0 Å². The van der Waals surface area contributed by atoms with Gasteiger partial charge in [-0.1, -0.05) is 25.1 Å². The lowest BCUT2D eigenvalue weighted by atomic mass is 10.1. The third-order valence-electron chi connectivity index (χ3n) is 2.96. The Morgan fingerprint density at radius 1 is 1.14 bits per heavy atom. The summed E-state index contributed by atoms with van der Waals surface area (Å²) >= 11 is 1.43. The standard InChI is InChI=1S/C17H18N2O2S/c1-2-5-15(20)13-7-9-14(10-8-13)22-12-17(21)19-16-6-3-4-11-18-16/h3-4,6-11H,2,5,12H2,1H3,(H,18,19,21). The van der Waals surface area contributed by atoms with E-state index in [9.17, 15) is 9.59 Å². The van der Waals surface area contributed by atoms with Crippen LogP contribution in [-0.2, 0) is 4.79 Å². The summed E-state index contributed by atoms with van der Waals surface area (Å²) in [6.07, 6.45) is 3.05. The Morgan fingerprint density at radius 2 is 1.91 bits per heavy atom. The van der Waals surface area contributed by atoms with E-state index in [1.54, 1.807) is 18.3 Å². The Hall–Kier alpha value is -2.14. The fraction of sp³-hybridized carbons (Fsp3) is 0.235. The Morgan fingerprint density at radius 3 is 2.55 bits per heavy atom. The van der Waals surface area contributed by atoms with Crippen molar-refractivity contribution in [1.82, 2.24) is 4.98 Å². The van der Waals surface area contributed by atoms with Crippen LogP contribution >= 0.6 is 11.8 Å². The van der Waals surface area contributed by atoms with Crippen molar-refractivity contribution in [2.45, 2.75) is 24.7 Å². The Bertz CT molecular complexity index is 627. The number of nitrogens with one attached hydrogen (secondary N) is 1. The van der Waals surface area contributed by atoms with Gasteiger partial charge < -0.3 is 5.32 Å². The minimum atomic E-state index is -0.102. The minimum absolute atomic E-state index is 0.102. The normalized spacial score (nSPS) is 10.2. The van der Waals surface area contributed by atoms with Gasteiger partial charge in [0.15, 0.2) is 5.78 Å². The maximum atomic E-state index is 11.8.